The molecule has 0 N–H and O–H groups in total. The molecule has 4 saturated carbocycles. The Hall–Kier alpha value is -2.30. The second kappa shape index (κ2) is 10.9. The van der Waals surface area contributed by atoms with E-state index in [9.17, 15) is 53.9 Å². The Morgan fingerprint density at radius 2 is 1.40 bits per heavy atom. The molecule has 2 atom stereocenters. The summed E-state index contributed by atoms with van der Waals surface area (Å²) in [7, 11) is 0. The highest BCUT2D eigenvalue weighted by Gasteiger charge is 2.68. The third-order valence-electron chi connectivity index (χ3n) is 8.58. The molecular formula is C26H31F9O8. The zero-order valence-electron chi connectivity index (χ0n) is 23.2. The molecule has 1 saturated heterocycles. The second-order valence-corrected chi connectivity index (χ2v) is 12.4. The predicted molar refractivity (Wildman–Crippen MR) is 123 cm³/mol. The van der Waals surface area contributed by atoms with Crippen molar-refractivity contribution >= 4 is 17.9 Å². The molecule has 4 aliphatic carbocycles. The van der Waals surface area contributed by atoms with Gasteiger partial charge in [0.25, 0.3) is 0 Å². The van der Waals surface area contributed by atoms with Gasteiger partial charge in [-0.2, -0.15) is 30.7 Å². The summed E-state index contributed by atoms with van der Waals surface area (Å²) in [5.41, 5.74) is -3.30. The van der Waals surface area contributed by atoms with Crippen molar-refractivity contribution in [2.24, 2.45) is 23.2 Å². The molecule has 5 aliphatic rings. The van der Waals surface area contributed by atoms with Crippen LogP contribution in [0.25, 0.3) is 0 Å². The quantitative estimate of drug-likeness (QED) is 0.182. The molecule has 5 rings (SSSR count). The number of carbonyl (C=O) groups is 3. The van der Waals surface area contributed by atoms with Crippen molar-refractivity contribution in [3.63, 3.8) is 0 Å². The van der Waals surface area contributed by atoms with Crippen LogP contribution in [0, 0.1) is 23.2 Å². The van der Waals surface area contributed by atoms with Crippen molar-refractivity contribution in [3.05, 3.63) is 0 Å². The van der Waals surface area contributed by atoms with Crippen molar-refractivity contribution in [2.75, 3.05) is 26.4 Å². The van der Waals surface area contributed by atoms with Crippen LogP contribution in [0.5, 0.6) is 0 Å². The summed E-state index contributed by atoms with van der Waals surface area (Å²) in [6.07, 6.45) is -7.81. The molecule has 0 aromatic carbocycles. The first kappa shape index (κ1) is 33.6. The van der Waals surface area contributed by atoms with Crippen LogP contribution in [0.4, 0.5) is 39.5 Å². The van der Waals surface area contributed by atoms with Gasteiger partial charge in [-0.3, -0.25) is 9.59 Å². The Kier molecular flexibility index (Phi) is 8.55. The van der Waals surface area contributed by atoms with E-state index >= 15 is 0 Å². The van der Waals surface area contributed by atoms with Crippen LogP contribution in [0.2, 0.25) is 0 Å². The zero-order valence-corrected chi connectivity index (χ0v) is 23.2. The van der Waals surface area contributed by atoms with Crippen molar-refractivity contribution in [3.8, 4) is 0 Å². The maximum absolute atomic E-state index is 13.6. The van der Waals surface area contributed by atoms with E-state index < -0.39 is 110 Å². The van der Waals surface area contributed by atoms with E-state index in [4.69, 9.17) is 18.9 Å². The molecule has 1 aliphatic heterocycles. The Morgan fingerprint density at radius 3 is 1.88 bits per heavy atom. The molecule has 246 valence electrons. The minimum atomic E-state index is -6.05. The van der Waals surface area contributed by atoms with Crippen molar-refractivity contribution in [2.45, 2.75) is 94.1 Å². The maximum Gasteiger partial charge on any atom is 0.453 e. The van der Waals surface area contributed by atoms with Gasteiger partial charge in [0.05, 0.1) is 19.8 Å². The minimum absolute atomic E-state index is 0.0165. The van der Waals surface area contributed by atoms with E-state index in [-0.39, 0.29) is 18.8 Å². The molecule has 0 aromatic heterocycles. The molecule has 43 heavy (non-hydrogen) atoms. The maximum atomic E-state index is 13.6. The third kappa shape index (κ3) is 6.86. The first-order valence-corrected chi connectivity index (χ1v) is 13.6. The molecule has 1 heterocycles. The highest BCUT2D eigenvalue weighted by Crippen LogP contribution is 2.64. The van der Waals surface area contributed by atoms with E-state index in [0.717, 1.165) is 0 Å². The fourth-order valence-electron chi connectivity index (χ4n) is 6.61. The number of hydrogen-bond donors (Lipinski definition) is 0. The van der Waals surface area contributed by atoms with Crippen LogP contribution < -0.4 is 0 Å². The van der Waals surface area contributed by atoms with Gasteiger partial charge in [-0.05, 0) is 44.9 Å². The van der Waals surface area contributed by atoms with Gasteiger partial charge in [0.2, 0.25) is 5.92 Å². The fourth-order valence-corrected chi connectivity index (χ4v) is 6.61. The van der Waals surface area contributed by atoms with Crippen LogP contribution in [0.1, 0.15) is 58.8 Å². The van der Waals surface area contributed by atoms with Crippen LogP contribution in [0.15, 0.2) is 0 Å². The molecule has 8 nitrogen and oxygen atoms in total. The van der Waals surface area contributed by atoms with Gasteiger partial charge in [-0.25, -0.2) is 13.6 Å². The van der Waals surface area contributed by atoms with E-state index in [1.807, 2.05) is 0 Å². The standard InChI is InChI=1S/C26H31F9O8/c1-20(27,28)3-4-39-19(38)22(11-40-17(36)10-24(31,32)26(33,34)35)12-41-25(42-13-22)15-5-14-6-16(25)9-23(7-14,8-15)43-18(37)21(2,29)30/h14-16H,3-13H2,1-2H3. The average molecular weight is 643 g/mol. The highest BCUT2D eigenvalue weighted by atomic mass is 19.4. The van der Waals surface area contributed by atoms with Crippen LogP contribution in [-0.4, -0.2) is 79.7 Å². The zero-order chi connectivity index (χ0) is 32.3. The first-order valence-electron chi connectivity index (χ1n) is 13.6. The molecule has 4 bridgehead atoms. The molecule has 5 fully saturated rings. The number of alkyl halides is 9. The van der Waals surface area contributed by atoms with E-state index in [1.165, 1.54) is 0 Å². The lowest BCUT2D eigenvalue weighted by molar-refractivity contribution is -0.392. The van der Waals surface area contributed by atoms with Gasteiger partial charge in [-0.15, -0.1) is 0 Å². The van der Waals surface area contributed by atoms with Gasteiger partial charge < -0.3 is 23.7 Å². The number of rotatable bonds is 10. The largest absolute Gasteiger partial charge is 0.465 e. The summed E-state index contributed by atoms with van der Waals surface area (Å²) in [6.45, 7) is -2.26. The smallest absolute Gasteiger partial charge is 0.453 e. The van der Waals surface area contributed by atoms with Crippen LogP contribution >= 0.6 is 0 Å². The normalized spacial score (nSPS) is 34.3. The monoisotopic (exact) mass is 642 g/mol. The Balaban J connectivity index is 1.49. The molecule has 0 radical (unpaired) electrons. The average Bonchev–Trinajstić information content (AvgIpc) is 2.84. The summed E-state index contributed by atoms with van der Waals surface area (Å²) >= 11 is 0. The predicted octanol–water partition coefficient (Wildman–Crippen LogP) is 5.21. The number of hydrogen-bond acceptors (Lipinski definition) is 8. The molecule has 2 unspecified atom stereocenters. The van der Waals surface area contributed by atoms with Gasteiger partial charge in [0.1, 0.15) is 24.0 Å². The molecule has 0 amide bonds. The lowest BCUT2D eigenvalue weighted by Crippen LogP contribution is -2.70. The van der Waals surface area contributed by atoms with E-state index in [1.54, 1.807) is 0 Å². The molecule has 1 spiro atoms. The van der Waals surface area contributed by atoms with Crippen molar-refractivity contribution < 1.29 is 77.6 Å². The number of ether oxygens (including phenoxy) is 5. The molecule has 0 aromatic rings. The Bertz CT molecular complexity index is 1070. The van der Waals surface area contributed by atoms with E-state index in [2.05, 4.69) is 4.74 Å². The second-order valence-electron chi connectivity index (χ2n) is 12.4. The fraction of sp³-hybridized carbons (Fsp3) is 0.885. The number of halogens is 9. The number of carbonyl (C=O) groups excluding carboxylic acids is 3. The van der Waals surface area contributed by atoms with Crippen LogP contribution in [-0.2, 0) is 38.1 Å². The summed E-state index contributed by atoms with van der Waals surface area (Å²) < 4.78 is 145. The number of esters is 3. The van der Waals surface area contributed by atoms with Gasteiger partial charge in [0.15, 0.2) is 5.79 Å². The molecule has 17 heteroatoms. The Labute approximate surface area is 239 Å². The molecular weight excluding hydrogens is 611 g/mol. The highest BCUT2D eigenvalue weighted by molar-refractivity contribution is 5.79. The van der Waals surface area contributed by atoms with Gasteiger partial charge in [-0.1, -0.05) is 0 Å². The summed E-state index contributed by atoms with van der Waals surface area (Å²) in [6, 6.07) is 0. The summed E-state index contributed by atoms with van der Waals surface area (Å²) in [5.74, 6) is -19.7. The van der Waals surface area contributed by atoms with E-state index in [0.29, 0.717) is 33.1 Å². The van der Waals surface area contributed by atoms with Gasteiger partial charge >= 0.3 is 35.9 Å². The summed E-state index contributed by atoms with van der Waals surface area (Å²) in [4.78, 5) is 37.0. The summed E-state index contributed by atoms with van der Waals surface area (Å²) in [5, 5.41) is 0. The van der Waals surface area contributed by atoms with Crippen LogP contribution in [0.3, 0.4) is 0 Å². The van der Waals surface area contributed by atoms with Crippen molar-refractivity contribution in [1.29, 1.82) is 0 Å². The van der Waals surface area contributed by atoms with Gasteiger partial charge in [0, 0.05) is 25.2 Å². The lowest BCUT2D eigenvalue weighted by atomic mass is 9.51. The third-order valence-corrected chi connectivity index (χ3v) is 8.58. The minimum Gasteiger partial charge on any atom is -0.465 e. The van der Waals surface area contributed by atoms with Crippen molar-refractivity contribution in [1.82, 2.24) is 0 Å². The topological polar surface area (TPSA) is 97.4 Å². The lowest BCUT2D eigenvalue weighted by Gasteiger charge is -2.64. The first-order chi connectivity index (χ1) is 19.5. The SMILES string of the molecule is CC(F)(F)CCOC(=O)C1(COC(=O)CC(F)(F)C(F)(F)F)COC2(OC1)C1CC3CC2CC(OC(=O)C(C)(F)F)(C3)C1. The Morgan fingerprint density at radius 1 is 0.837 bits per heavy atom.